The van der Waals surface area contributed by atoms with Crippen molar-refractivity contribution in [3.05, 3.63) is 59.0 Å². The quantitative estimate of drug-likeness (QED) is 0.811. The lowest BCUT2D eigenvalue weighted by Gasteiger charge is -2.39. The number of carbonyl (C=O) groups excluding carboxylic acids is 1. The Labute approximate surface area is 129 Å². The summed E-state index contributed by atoms with van der Waals surface area (Å²) in [5.74, 6) is 0.625. The van der Waals surface area contributed by atoms with Gasteiger partial charge >= 0.3 is 0 Å². The van der Waals surface area contributed by atoms with Gasteiger partial charge in [0.25, 0.3) is 5.91 Å². The Morgan fingerprint density at radius 3 is 2.77 bits per heavy atom. The summed E-state index contributed by atoms with van der Waals surface area (Å²) in [6.07, 6.45) is 8.00. The van der Waals surface area contributed by atoms with Gasteiger partial charge in [-0.05, 0) is 30.9 Å². The fourth-order valence-electron chi connectivity index (χ4n) is 3.65. The summed E-state index contributed by atoms with van der Waals surface area (Å²) in [5, 5.41) is 3.70. The first-order valence-electron chi connectivity index (χ1n) is 7.69. The van der Waals surface area contributed by atoms with Crippen LogP contribution in [-0.4, -0.2) is 29.1 Å². The van der Waals surface area contributed by atoms with Crippen molar-refractivity contribution in [3.8, 4) is 0 Å². The minimum absolute atomic E-state index is 0.0314. The highest BCUT2D eigenvalue weighted by molar-refractivity contribution is 5.94. The van der Waals surface area contributed by atoms with E-state index in [0.29, 0.717) is 11.3 Å². The van der Waals surface area contributed by atoms with Gasteiger partial charge in [-0.25, -0.2) is 0 Å². The molecule has 1 aliphatic carbocycles. The summed E-state index contributed by atoms with van der Waals surface area (Å²) < 4.78 is 5.01. The number of fused-ring (bicyclic) bond motifs is 2. The van der Waals surface area contributed by atoms with Crippen LogP contribution in [0.4, 0.5) is 0 Å². The molecule has 1 saturated heterocycles. The van der Waals surface area contributed by atoms with Gasteiger partial charge in [-0.1, -0.05) is 41.6 Å². The minimum atomic E-state index is 0.0314. The van der Waals surface area contributed by atoms with Crippen molar-refractivity contribution in [2.45, 2.75) is 25.2 Å². The first kappa shape index (κ1) is 13.3. The lowest BCUT2D eigenvalue weighted by Crippen LogP contribution is -2.44. The second-order valence-electron chi connectivity index (χ2n) is 6.16. The summed E-state index contributed by atoms with van der Waals surface area (Å²) in [6.45, 7) is 3.31. The largest absolute Gasteiger partial charge is 0.361 e. The lowest BCUT2D eigenvalue weighted by atomic mass is 9.74. The van der Waals surface area contributed by atoms with Gasteiger partial charge in [0.15, 0.2) is 0 Å². The molecule has 0 bridgehead atoms. The van der Waals surface area contributed by atoms with Gasteiger partial charge in [-0.2, -0.15) is 0 Å². The van der Waals surface area contributed by atoms with Crippen molar-refractivity contribution in [1.82, 2.24) is 10.1 Å². The lowest BCUT2D eigenvalue weighted by molar-refractivity contribution is 0.0688. The number of piperidine rings is 1. The molecule has 1 amide bonds. The molecule has 4 nitrogen and oxygen atoms in total. The number of rotatable bonds is 1. The fraction of sp³-hybridized carbons (Fsp3) is 0.333. The van der Waals surface area contributed by atoms with Crippen molar-refractivity contribution in [1.29, 1.82) is 0 Å². The first-order valence-corrected chi connectivity index (χ1v) is 7.69. The molecule has 4 rings (SSSR count). The second-order valence-corrected chi connectivity index (χ2v) is 6.16. The molecule has 0 saturated carbocycles. The highest BCUT2D eigenvalue weighted by Gasteiger charge is 2.39. The fourth-order valence-corrected chi connectivity index (χ4v) is 3.65. The minimum Gasteiger partial charge on any atom is -0.361 e. The van der Waals surface area contributed by atoms with Crippen molar-refractivity contribution < 1.29 is 9.32 Å². The number of amides is 1. The average molecular weight is 294 g/mol. The molecule has 1 fully saturated rings. The standard InChI is InChI=1S/C18H18N2O2/c1-13-15(12-19-22-13)17(21)20-10-8-18(9-11-20)7-6-14-4-2-3-5-16(14)18/h2-7,12H,8-11H2,1H3. The van der Waals surface area contributed by atoms with Crippen molar-refractivity contribution >= 4 is 12.0 Å². The molecular weight excluding hydrogens is 276 g/mol. The Morgan fingerprint density at radius 2 is 2.05 bits per heavy atom. The van der Waals surface area contributed by atoms with Gasteiger partial charge in [0.2, 0.25) is 0 Å². The molecule has 2 heterocycles. The highest BCUT2D eigenvalue weighted by atomic mass is 16.5. The molecule has 0 atom stereocenters. The molecule has 0 N–H and O–H groups in total. The zero-order valence-electron chi connectivity index (χ0n) is 12.6. The SMILES string of the molecule is Cc1oncc1C(=O)N1CCC2(C=Cc3ccccc32)CC1. The normalized spacial score (nSPS) is 18.7. The molecule has 1 spiro atoms. The monoisotopic (exact) mass is 294 g/mol. The van der Waals surface area contributed by atoms with Gasteiger partial charge in [0.1, 0.15) is 11.3 Å². The van der Waals surface area contributed by atoms with E-state index < -0.39 is 0 Å². The van der Waals surface area contributed by atoms with Crippen LogP contribution in [0.2, 0.25) is 0 Å². The van der Waals surface area contributed by atoms with E-state index in [1.54, 1.807) is 6.92 Å². The third-order valence-electron chi connectivity index (χ3n) is 5.00. The Kier molecular flexibility index (Phi) is 2.93. The molecule has 2 aliphatic rings. The van der Waals surface area contributed by atoms with Crippen LogP contribution < -0.4 is 0 Å². The number of allylic oxidation sites excluding steroid dienone is 1. The molecule has 0 radical (unpaired) electrons. The van der Waals surface area contributed by atoms with E-state index in [4.69, 9.17) is 4.52 Å². The topological polar surface area (TPSA) is 46.3 Å². The predicted molar refractivity (Wildman–Crippen MR) is 83.5 cm³/mol. The number of likely N-dealkylation sites (tertiary alicyclic amines) is 1. The number of aromatic nitrogens is 1. The number of benzene rings is 1. The predicted octanol–water partition coefficient (Wildman–Crippen LogP) is 3.18. The smallest absolute Gasteiger partial charge is 0.259 e. The van der Waals surface area contributed by atoms with Crippen molar-refractivity contribution in [2.24, 2.45) is 0 Å². The highest BCUT2D eigenvalue weighted by Crippen LogP contribution is 2.43. The summed E-state index contributed by atoms with van der Waals surface area (Å²) in [6, 6.07) is 8.57. The summed E-state index contributed by atoms with van der Waals surface area (Å²) in [5.41, 5.74) is 3.41. The Bertz CT molecular complexity index is 752. The van der Waals surface area contributed by atoms with E-state index in [1.165, 1.54) is 17.3 Å². The summed E-state index contributed by atoms with van der Waals surface area (Å²) in [4.78, 5) is 14.5. The number of aryl methyl sites for hydroxylation is 1. The molecule has 112 valence electrons. The Balaban J connectivity index is 1.54. The number of nitrogens with zero attached hydrogens (tertiary/aromatic N) is 2. The van der Waals surface area contributed by atoms with E-state index in [1.807, 2.05) is 4.90 Å². The molecule has 2 aromatic rings. The maximum atomic E-state index is 12.5. The van der Waals surface area contributed by atoms with Crippen LogP contribution in [-0.2, 0) is 5.41 Å². The van der Waals surface area contributed by atoms with Gasteiger partial charge in [-0.3, -0.25) is 4.79 Å². The summed E-state index contributed by atoms with van der Waals surface area (Å²) >= 11 is 0. The summed E-state index contributed by atoms with van der Waals surface area (Å²) in [7, 11) is 0. The maximum absolute atomic E-state index is 12.5. The van der Waals surface area contributed by atoms with Crippen molar-refractivity contribution in [3.63, 3.8) is 0 Å². The Hall–Kier alpha value is -2.36. The van der Waals surface area contributed by atoms with E-state index in [-0.39, 0.29) is 11.3 Å². The van der Waals surface area contributed by atoms with Crippen LogP contribution in [0.3, 0.4) is 0 Å². The molecule has 1 aromatic carbocycles. The van der Waals surface area contributed by atoms with Gasteiger partial charge in [0.05, 0.1) is 6.20 Å². The van der Waals surface area contributed by atoms with Gasteiger partial charge in [0, 0.05) is 18.5 Å². The zero-order chi connectivity index (χ0) is 15.2. The first-order chi connectivity index (χ1) is 10.7. The molecular formula is C18H18N2O2. The molecule has 4 heteroatoms. The zero-order valence-corrected chi connectivity index (χ0v) is 12.6. The van der Waals surface area contributed by atoms with Crippen LogP contribution in [0.1, 0.15) is 40.1 Å². The van der Waals surface area contributed by atoms with Crippen LogP contribution in [0.25, 0.3) is 6.08 Å². The average Bonchev–Trinajstić information content (AvgIpc) is 3.13. The van der Waals surface area contributed by atoms with Crippen molar-refractivity contribution in [2.75, 3.05) is 13.1 Å². The van der Waals surface area contributed by atoms with E-state index in [9.17, 15) is 4.79 Å². The van der Waals surface area contributed by atoms with Crippen LogP contribution >= 0.6 is 0 Å². The van der Waals surface area contributed by atoms with Crippen LogP contribution in [0.5, 0.6) is 0 Å². The van der Waals surface area contributed by atoms with Crippen LogP contribution in [0.15, 0.2) is 41.1 Å². The third kappa shape index (κ3) is 1.90. The van der Waals surface area contributed by atoms with E-state index in [0.717, 1.165) is 25.9 Å². The van der Waals surface area contributed by atoms with E-state index in [2.05, 4.69) is 41.6 Å². The Morgan fingerprint density at radius 1 is 1.27 bits per heavy atom. The molecule has 1 aliphatic heterocycles. The second kappa shape index (κ2) is 4.83. The number of hydrogen-bond acceptors (Lipinski definition) is 3. The third-order valence-corrected chi connectivity index (χ3v) is 5.00. The van der Waals surface area contributed by atoms with Gasteiger partial charge in [-0.15, -0.1) is 0 Å². The number of hydrogen-bond donors (Lipinski definition) is 0. The molecule has 1 aromatic heterocycles. The van der Waals surface area contributed by atoms with Gasteiger partial charge < -0.3 is 9.42 Å². The van der Waals surface area contributed by atoms with E-state index >= 15 is 0 Å². The van der Waals surface area contributed by atoms with Crippen LogP contribution in [0, 0.1) is 6.92 Å². The molecule has 22 heavy (non-hydrogen) atoms. The molecule has 0 unspecified atom stereocenters. The number of carbonyl (C=O) groups is 1. The maximum Gasteiger partial charge on any atom is 0.259 e.